The minimum atomic E-state index is 0.627. The van der Waals surface area contributed by atoms with Crippen LogP contribution < -0.4 is 5.32 Å². The van der Waals surface area contributed by atoms with E-state index in [1.54, 1.807) is 0 Å². The largest absolute Gasteiger partial charge is 0.371 e. The third-order valence-electron chi connectivity index (χ3n) is 4.31. The molecule has 0 amide bonds. The summed E-state index contributed by atoms with van der Waals surface area (Å²) in [5, 5.41) is 10.7. The lowest BCUT2D eigenvalue weighted by Gasteiger charge is -2.33. The van der Waals surface area contributed by atoms with Crippen LogP contribution in [0.2, 0.25) is 0 Å². The van der Waals surface area contributed by atoms with E-state index in [2.05, 4.69) is 15.5 Å². The van der Waals surface area contributed by atoms with E-state index >= 15 is 0 Å². The van der Waals surface area contributed by atoms with Gasteiger partial charge >= 0.3 is 0 Å². The third-order valence-corrected chi connectivity index (χ3v) is 4.31. The van der Waals surface area contributed by atoms with E-state index in [1.165, 1.54) is 56.2 Å². The van der Waals surface area contributed by atoms with Crippen LogP contribution in [0.3, 0.4) is 0 Å². The van der Waals surface area contributed by atoms with Gasteiger partial charge in [-0.1, -0.05) is 12.8 Å². The number of aromatic nitrogens is 2. The van der Waals surface area contributed by atoms with Crippen LogP contribution in [0.1, 0.15) is 43.4 Å². The zero-order valence-electron chi connectivity index (χ0n) is 9.40. The number of H-pyrrole nitrogens is 1. The molecule has 2 aliphatic carbocycles. The van der Waals surface area contributed by atoms with E-state index in [-0.39, 0.29) is 0 Å². The smallest absolute Gasteiger partial charge is 0.151 e. The first-order valence-electron chi connectivity index (χ1n) is 6.07. The average Bonchev–Trinajstić information content (AvgIpc) is 2.85. The van der Waals surface area contributed by atoms with Crippen molar-refractivity contribution in [2.75, 3.05) is 12.4 Å². The fraction of sp³-hybridized carbons (Fsp3) is 0.750. The predicted octanol–water partition coefficient (Wildman–Crippen LogP) is 2.50. The summed E-state index contributed by atoms with van der Waals surface area (Å²) in [7, 11) is 1.96. The summed E-state index contributed by atoms with van der Waals surface area (Å²) in [5.41, 5.74) is 3.46. The summed E-state index contributed by atoms with van der Waals surface area (Å²) in [5.74, 6) is 1.08. The van der Waals surface area contributed by atoms with E-state index < -0.39 is 0 Å². The maximum atomic E-state index is 4.33. The topological polar surface area (TPSA) is 40.7 Å². The lowest BCUT2D eigenvalue weighted by Crippen LogP contribution is -2.25. The second kappa shape index (κ2) is 3.26. The van der Waals surface area contributed by atoms with Crippen molar-refractivity contribution in [3.63, 3.8) is 0 Å². The van der Waals surface area contributed by atoms with Crippen LogP contribution in [-0.4, -0.2) is 17.2 Å². The Kier molecular flexibility index (Phi) is 2.01. The van der Waals surface area contributed by atoms with Crippen molar-refractivity contribution >= 4 is 5.82 Å². The van der Waals surface area contributed by atoms with Gasteiger partial charge in [-0.3, -0.25) is 5.10 Å². The lowest BCUT2D eigenvalue weighted by molar-refractivity contribution is 0.254. The number of hydrogen-bond acceptors (Lipinski definition) is 2. The van der Waals surface area contributed by atoms with Crippen LogP contribution in [0.15, 0.2) is 0 Å². The van der Waals surface area contributed by atoms with Gasteiger partial charge in [0.25, 0.3) is 0 Å². The van der Waals surface area contributed by atoms with E-state index in [0.29, 0.717) is 5.41 Å². The van der Waals surface area contributed by atoms with Crippen LogP contribution in [0, 0.1) is 5.41 Å². The SMILES string of the molecule is CNc1n[nH]c2c1CC1(CCCC1)CC2. The van der Waals surface area contributed by atoms with Gasteiger partial charge in [0.15, 0.2) is 5.82 Å². The Morgan fingerprint density at radius 1 is 1.27 bits per heavy atom. The highest BCUT2D eigenvalue weighted by atomic mass is 15.2. The Morgan fingerprint density at radius 2 is 2.07 bits per heavy atom. The number of hydrogen-bond donors (Lipinski definition) is 2. The van der Waals surface area contributed by atoms with Crippen LogP contribution >= 0.6 is 0 Å². The van der Waals surface area contributed by atoms with Crippen molar-refractivity contribution in [1.82, 2.24) is 10.2 Å². The minimum absolute atomic E-state index is 0.627. The quantitative estimate of drug-likeness (QED) is 0.739. The maximum absolute atomic E-state index is 4.33. The molecule has 0 atom stereocenters. The fourth-order valence-corrected chi connectivity index (χ4v) is 3.41. The second-order valence-corrected chi connectivity index (χ2v) is 5.16. The molecule has 0 unspecified atom stereocenters. The average molecular weight is 205 g/mol. The van der Waals surface area contributed by atoms with Gasteiger partial charge in [0.1, 0.15) is 0 Å². The maximum Gasteiger partial charge on any atom is 0.151 e. The number of fused-ring (bicyclic) bond motifs is 1. The number of aryl methyl sites for hydroxylation is 1. The standard InChI is InChI=1S/C12H19N3/c1-13-11-9-8-12(5-2-3-6-12)7-4-10(9)14-15-11/h2-8H2,1H3,(H2,13,14,15). The van der Waals surface area contributed by atoms with Crippen molar-refractivity contribution in [2.24, 2.45) is 5.41 Å². The molecule has 2 N–H and O–H groups in total. The molecule has 1 spiro atoms. The van der Waals surface area contributed by atoms with E-state index in [1.807, 2.05) is 7.05 Å². The molecular weight excluding hydrogens is 186 g/mol. The molecule has 1 saturated carbocycles. The summed E-state index contributed by atoms with van der Waals surface area (Å²) in [4.78, 5) is 0. The third kappa shape index (κ3) is 1.36. The summed E-state index contributed by atoms with van der Waals surface area (Å²) in [6.45, 7) is 0. The van der Waals surface area contributed by atoms with Crippen molar-refractivity contribution in [2.45, 2.75) is 44.9 Å². The number of nitrogens with zero attached hydrogens (tertiary/aromatic N) is 1. The van der Waals surface area contributed by atoms with Crippen molar-refractivity contribution in [3.8, 4) is 0 Å². The molecule has 82 valence electrons. The molecule has 0 aromatic carbocycles. The Balaban J connectivity index is 1.93. The highest BCUT2D eigenvalue weighted by Crippen LogP contribution is 2.48. The van der Waals surface area contributed by atoms with Gasteiger partial charge in [-0.25, -0.2) is 0 Å². The highest BCUT2D eigenvalue weighted by molar-refractivity contribution is 5.48. The normalized spacial score (nSPS) is 23.0. The molecule has 1 aromatic heterocycles. The molecular formula is C12H19N3. The second-order valence-electron chi connectivity index (χ2n) is 5.16. The van der Waals surface area contributed by atoms with Crippen LogP contribution in [0.5, 0.6) is 0 Å². The zero-order chi connectivity index (χ0) is 10.3. The first kappa shape index (κ1) is 9.25. The monoisotopic (exact) mass is 205 g/mol. The van der Waals surface area contributed by atoms with Crippen LogP contribution in [0.4, 0.5) is 5.82 Å². The Labute approximate surface area is 90.7 Å². The summed E-state index contributed by atoms with van der Waals surface area (Å²) >= 11 is 0. The van der Waals surface area contributed by atoms with Gasteiger partial charge in [0, 0.05) is 18.3 Å². The molecule has 1 aromatic rings. The predicted molar refractivity (Wildman–Crippen MR) is 61.1 cm³/mol. The van der Waals surface area contributed by atoms with Crippen LogP contribution in [-0.2, 0) is 12.8 Å². The molecule has 2 aliphatic rings. The summed E-state index contributed by atoms with van der Waals surface area (Å²) in [6.07, 6.45) is 9.54. The number of aromatic amines is 1. The highest BCUT2D eigenvalue weighted by Gasteiger charge is 2.38. The Hall–Kier alpha value is -0.990. The molecule has 0 bridgehead atoms. The summed E-state index contributed by atoms with van der Waals surface area (Å²) < 4.78 is 0. The molecule has 3 nitrogen and oxygen atoms in total. The van der Waals surface area contributed by atoms with Gasteiger partial charge in [-0.05, 0) is 37.5 Å². The van der Waals surface area contributed by atoms with Gasteiger partial charge in [-0.15, -0.1) is 0 Å². The summed E-state index contributed by atoms with van der Waals surface area (Å²) in [6, 6.07) is 0. The molecule has 1 fully saturated rings. The number of nitrogens with one attached hydrogen (secondary N) is 2. The van der Waals surface area contributed by atoms with E-state index in [4.69, 9.17) is 0 Å². The van der Waals surface area contributed by atoms with Gasteiger partial charge < -0.3 is 5.32 Å². The number of anilines is 1. The molecule has 3 heteroatoms. The molecule has 15 heavy (non-hydrogen) atoms. The van der Waals surface area contributed by atoms with E-state index in [0.717, 1.165) is 5.82 Å². The number of rotatable bonds is 1. The van der Waals surface area contributed by atoms with Gasteiger partial charge in [0.05, 0.1) is 0 Å². The van der Waals surface area contributed by atoms with E-state index in [9.17, 15) is 0 Å². The Bertz CT molecular complexity index is 347. The van der Waals surface area contributed by atoms with Gasteiger partial charge in [0.2, 0.25) is 0 Å². The van der Waals surface area contributed by atoms with Crippen molar-refractivity contribution in [1.29, 1.82) is 0 Å². The first-order valence-corrected chi connectivity index (χ1v) is 6.07. The molecule has 3 rings (SSSR count). The van der Waals surface area contributed by atoms with Crippen molar-refractivity contribution < 1.29 is 0 Å². The first-order chi connectivity index (χ1) is 7.33. The molecule has 0 radical (unpaired) electrons. The lowest BCUT2D eigenvalue weighted by atomic mass is 9.72. The van der Waals surface area contributed by atoms with Crippen LogP contribution in [0.25, 0.3) is 0 Å². The van der Waals surface area contributed by atoms with Gasteiger partial charge in [-0.2, -0.15) is 5.10 Å². The Morgan fingerprint density at radius 3 is 2.80 bits per heavy atom. The van der Waals surface area contributed by atoms with Crippen molar-refractivity contribution in [3.05, 3.63) is 11.3 Å². The molecule has 1 heterocycles. The molecule has 0 aliphatic heterocycles. The minimum Gasteiger partial charge on any atom is -0.371 e. The molecule has 0 saturated heterocycles. The zero-order valence-corrected chi connectivity index (χ0v) is 9.40. The fourth-order valence-electron chi connectivity index (χ4n) is 3.41.